The Morgan fingerprint density at radius 2 is 2.10 bits per heavy atom. The zero-order chi connectivity index (χ0) is 15.2. The Kier molecular flexibility index (Phi) is 5.69. The number of carbonyl (C=O) groups excluding carboxylic acids is 1. The second-order valence-corrected chi connectivity index (χ2v) is 5.77. The fourth-order valence-corrected chi connectivity index (χ4v) is 2.70. The standard InChI is InChI=1S/C13H11Cl2N3O2S/c1-20-7-12-17-18-13(21-12)16-11(19)6-5-8-9(14)3-2-4-10(8)15/h2-6H,7H2,1H3,(H,16,18,19)/b6-5+. The molecule has 8 heteroatoms. The van der Waals surface area contributed by atoms with Crippen LogP contribution in [0.5, 0.6) is 0 Å². The monoisotopic (exact) mass is 343 g/mol. The van der Waals surface area contributed by atoms with Gasteiger partial charge in [-0.1, -0.05) is 40.6 Å². The number of anilines is 1. The molecular weight excluding hydrogens is 333 g/mol. The lowest BCUT2D eigenvalue weighted by Gasteiger charge is -2.00. The summed E-state index contributed by atoms with van der Waals surface area (Å²) in [5.74, 6) is -0.342. The third kappa shape index (κ3) is 4.50. The number of nitrogens with one attached hydrogen (secondary N) is 1. The van der Waals surface area contributed by atoms with Gasteiger partial charge >= 0.3 is 0 Å². The van der Waals surface area contributed by atoms with E-state index in [1.54, 1.807) is 31.4 Å². The van der Waals surface area contributed by atoms with E-state index in [1.807, 2.05) is 0 Å². The van der Waals surface area contributed by atoms with Crippen LogP contribution < -0.4 is 5.32 Å². The molecule has 0 aliphatic carbocycles. The average molecular weight is 344 g/mol. The van der Waals surface area contributed by atoms with Crippen LogP contribution >= 0.6 is 34.5 Å². The number of aromatic nitrogens is 2. The van der Waals surface area contributed by atoms with Crippen LogP contribution in [0.3, 0.4) is 0 Å². The number of halogens is 2. The van der Waals surface area contributed by atoms with Gasteiger partial charge in [-0.05, 0) is 18.2 Å². The molecule has 0 spiro atoms. The molecule has 1 amide bonds. The van der Waals surface area contributed by atoms with Crippen molar-refractivity contribution in [2.75, 3.05) is 12.4 Å². The molecule has 1 aromatic heterocycles. The normalized spacial score (nSPS) is 11.0. The van der Waals surface area contributed by atoms with E-state index in [9.17, 15) is 4.79 Å². The first-order valence-corrected chi connectivity index (χ1v) is 7.42. The molecule has 0 bridgehead atoms. The summed E-state index contributed by atoms with van der Waals surface area (Å²) in [6.45, 7) is 0.360. The molecular formula is C13H11Cl2N3O2S. The first-order valence-electron chi connectivity index (χ1n) is 5.84. The highest BCUT2D eigenvalue weighted by Gasteiger charge is 2.07. The maximum atomic E-state index is 11.8. The van der Waals surface area contributed by atoms with Crippen molar-refractivity contribution in [1.82, 2.24) is 10.2 Å². The second kappa shape index (κ2) is 7.51. The third-order valence-electron chi connectivity index (χ3n) is 2.37. The van der Waals surface area contributed by atoms with Gasteiger partial charge in [0.05, 0.1) is 0 Å². The molecule has 0 saturated heterocycles. The number of amides is 1. The Morgan fingerprint density at radius 1 is 1.38 bits per heavy atom. The molecule has 5 nitrogen and oxygen atoms in total. The number of rotatable bonds is 5. The molecule has 1 N–H and O–H groups in total. The summed E-state index contributed by atoms with van der Waals surface area (Å²) in [6, 6.07) is 5.14. The number of methoxy groups -OCH3 is 1. The lowest BCUT2D eigenvalue weighted by Crippen LogP contribution is -2.07. The molecule has 1 aromatic carbocycles. The summed E-state index contributed by atoms with van der Waals surface area (Å²) in [6.07, 6.45) is 2.89. The van der Waals surface area contributed by atoms with E-state index in [1.165, 1.54) is 17.4 Å². The minimum Gasteiger partial charge on any atom is -0.377 e. The molecule has 2 rings (SSSR count). The Morgan fingerprint density at radius 3 is 2.76 bits per heavy atom. The first-order chi connectivity index (χ1) is 10.1. The van der Waals surface area contributed by atoms with Crippen molar-refractivity contribution in [2.24, 2.45) is 0 Å². The molecule has 21 heavy (non-hydrogen) atoms. The zero-order valence-electron chi connectivity index (χ0n) is 11.0. The van der Waals surface area contributed by atoms with E-state index in [2.05, 4.69) is 15.5 Å². The molecule has 0 fully saturated rings. The highest BCUT2D eigenvalue weighted by Crippen LogP contribution is 2.25. The number of carbonyl (C=O) groups is 1. The van der Waals surface area contributed by atoms with Crippen LogP contribution in [0.15, 0.2) is 24.3 Å². The van der Waals surface area contributed by atoms with Crippen molar-refractivity contribution in [3.63, 3.8) is 0 Å². The molecule has 0 unspecified atom stereocenters. The molecule has 0 aliphatic heterocycles. The van der Waals surface area contributed by atoms with Crippen molar-refractivity contribution in [1.29, 1.82) is 0 Å². The molecule has 2 aromatic rings. The molecule has 1 heterocycles. The predicted octanol–water partition coefficient (Wildman–Crippen LogP) is 3.64. The maximum absolute atomic E-state index is 11.8. The Bertz CT molecular complexity index is 653. The molecule has 110 valence electrons. The van der Waals surface area contributed by atoms with E-state index in [0.29, 0.717) is 32.4 Å². The van der Waals surface area contributed by atoms with Crippen molar-refractivity contribution < 1.29 is 9.53 Å². The second-order valence-electron chi connectivity index (χ2n) is 3.89. The van der Waals surface area contributed by atoms with Gasteiger partial charge in [0.1, 0.15) is 11.6 Å². The van der Waals surface area contributed by atoms with E-state index in [4.69, 9.17) is 27.9 Å². The minimum absolute atomic E-state index is 0.342. The first kappa shape index (κ1) is 15.9. The lowest BCUT2D eigenvalue weighted by molar-refractivity contribution is -0.111. The average Bonchev–Trinajstić information content (AvgIpc) is 2.86. The van der Waals surface area contributed by atoms with Gasteiger partial charge in [0.15, 0.2) is 0 Å². The fraction of sp³-hybridized carbons (Fsp3) is 0.154. The van der Waals surface area contributed by atoms with Crippen LogP contribution in [-0.2, 0) is 16.1 Å². The van der Waals surface area contributed by atoms with Gasteiger partial charge in [0.25, 0.3) is 0 Å². The Hall–Kier alpha value is -1.47. The van der Waals surface area contributed by atoms with Crippen LogP contribution in [0, 0.1) is 0 Å². The smallest absolute Gasteiger partial charge is 0.250 e. The largest absolute Gasteiger partial charge is 0.377 e. The van der Waals surface area contributed by atoms with Gasteiger partial charge < -0.3 is 4.74 Å². The number of hydrogen-bond donors (Lipinski definition) is 1. The van der Waals surface area contributed by atoms with Gasteiger partial charge in [-0.2, -0.15) is 0 Å². The highest BCUT2D eigenvalue weighted by molar-refractivity contribution is 7.15. The van der Waals surface area contributed by atoms with Crippen LogP contribution in [0.2, 0.25) is 10.0 Å². The summed E-state index contributed by atoms with van der Waals surface area (Å²) in [5.41, 5.74) is 0.591. The Balaban J connectivity index is 2.02. The highest BCUT2D eigenvalue weighted by atomic mass is 35.5. The maximum Gasteiger partial charge on any atom is 0.250 e. The summed E-state index contributed by atoms with van der Waals surface area (Å²) in [7, 11) is 1.57. The van der Waals surface area contributed by atoms with E-state index in [0.717, 1.165) is 0 Å². The van der Waals surface area contributed by atoms with E-state index >= 15 is 0 Å². The predicted molar refractivity (Wildman–Crippen MR) is 84.7 cm³/mol. The minimum atomic E-state index is -0.342. The molecule has 0 atom stereocenters. The molecule has 0 aliphatic rings. The van der Waals surface area contributed by atoms with E-state index < -0.39 is 0 Å². The van der Waals surface area contributed by atoms with Gasteiger partial charge in [-0.3, -0.25) is 10.1 Å². The summed E-state index contributed by atoms with van der Waals surface area (Å²) >= 11 is 13.3. The van der Waals surface area contributed by atoms with Gasteiger partial charge in [-0.15, -0.1) is 10.2 Å². The van der Waals surface area contributed by atoms with Crippen LogP contribution in [0.25, 0.3) is 6.08 Å². The van der Waals surface area contributed by atoms with Crippen LogP contribution in [0.1, 0.15) is 10.6 Å². The SMILES string of the molecule is COCc1nnc(NC(=O)/C=C/c2c(Cl)cccc2Cl)s1. The van der Waals surface area contributed by atoms with Crippen molar-refractivity contribution in [2.45, 2.75) is 6.61 Å². The van der Waals surface area contributed by atoms with Crippen molar-refractivity contribution in [3.8, 4) is 0 Å². The fourth-order valence-electron chi connectivity index (χ4n) is 1.46. The number of nitrogens with zero attached hydrogens (tertiary/aromatic N) is 2. The number of benzene rings is 1. The third-order valence-corrected chi connectivity index (χ3v) is 3.84. The summed E-state index contributed by atoms with van der Waals surface area (Å²) in [5, 5.41) is 12.4. The number of ether oxygens (including phenoxy) is 1. The van der Waals surface area contributed by atoms with Crippen LogP contribution in [-0.4, -0.2) is 23.2 Å². The van der Waals surface area contributed by atoms with Crippen molar-refractivity contribution >= 4 is 51.7 Å². The van der Waals surface area contributed by atoms with Crippen LogP contribution in [0.4, 0.5) is 5.13 Å². The van der Waals surface area contributed by atoms with Gasteiger partial charge in [0.2, 0.25) is 11.0 Å². The lowest BCUT2D eigenvalue weighted by atomic mass is 10.2. The molecule has 0 radical (unpaired) electrons. The zero-order valence-corrected chi connectivity index (χ0v) is 13.3. The van der Waals surface area contributed by atoms with Crippen molar-refractivity contribution in [3.05, 3.63) is 44.9 Å². The summed E-state index contributed by atoms with van der Waals surface area (Å²) in [4.78, 5) is 11.8. The number of hydrogen-bond acceptors (Lipinski definition) is 5. The van der Waals surface area contributed by atoms with Gasteiger partial charge in [0, 0.05) is 28.8 Å². The quantitative estimate of drug-likeness (QED) is 0.841. The summed E-state index contributed by atoms with van der Waals surface area (Å²) < 4.78 is 4.93. The van der Waals surface area contributed by atoms with E-state index in [-0.39, 0.29) is 5.91 Å². The molecule has 0 saturated carbocycles. The Labute approximate surface area is 135 Å². The van der Waals surface area contributed by atoms with Gasteiger partial charge in [-0.25, -0.2) is 0 Å². The topological polar surface area (TPSA) is 64.1 Å².